The highest BCUT2D eigenvalue weighted by Crippen LogP contribution is 2.12. The van der Waals surface area contributed by atoms with Gasteiger partial charge in [-0.3, -0.25) is 4.68 Å². The smallest absolute Gasteiger partial charge is 0.0792 e. The fourth-order valence-electron chi connectivity index (χ4n) is 1.20. The first-order valence-electron chi connectivity index (χ1n) is 3.95. The summed E-state index contributed by atoms with van der Waals surface area (Å²) in [7, 11) is 0. The zero-order chi connectivity index (χ0) is 7.68. The SMILES string of the molecule is Cc1cnn(CC2CCO2)c1. The maximum absolute atomic E-state index is 5.28. The molecule has 0 amide bonds. The van der Waals surface area contributed by atoms with Gasteiger partial charge in [0.2, 0.25) is 0 Å². The van der Waals surface area contributed by atoms with Crippen LogP contribution in [-0.2, 0) is 11.3 Å². The van der Waals surface area contributed by atoms with Crippen LogP contribution in [0.2, 0.25) is 0 Å². The molecule has 1 atom stereocenters. The van der Waals surface area contributed by atoms with Gasteiger partial charge >= 0.3 is 0 Å². The first-order chi connectivity index (χ1) is 5.34. The third-order valence-electron chi connectivity index (χ3n) is 1.95. The van der Waals surface area contributed by atoms with Crippen molar-refractivity contribution in [2.24, 2.45) is 0 Å². The van der Waals surface area contributed by atoms with E-state index in [1.54, 1.807) is 0 Å². The highest BCUT2D eigenvalue weighted by Gasteiger charge is 2.18. The molecule has 3 nitrogen and oxygen atoms in total. The van der Waals surface area contributed by atoms with Crippen LogP contribution in [0.1, 0.15) is 12.0 Å². The predicted octanol–water partition coefficient (Wildman–Crippen LogP) is 0.980. The third-order valence-corrected chi connectivity index (χ3v) is 1.95. The highest BCUT2D eigenvalue weighted by atomic mass is 16.5. The molecular formula is C8H12N2O. The minimum atomic E-state index is 0.411. The fraction of sp³-hybridized carbons (Fsp3) is 0.625. The Morgan fingerprint density at radius 3 is 3.09 bits per heavy atom. The van der Waals surface area contributed by atoms with Crippen molar-refractivity contribution in [3.63, 3.8) is 0 Å². The maximum atomic E-state index is 5.28. The standard InChI is InChI=1S/C8H12N2O/c1-7-4-9-10(5-7)6-8-2-3-11-8/h4-5,8H,2-3,6H2,1H3. The van der Waals surface area contributed by atoms with Crippen LogP contribution in [0, 0.1) is 6.92 Å². The first-order valence-corrected chi connectivity index (χ1v) is 3.95. The average Bonchev–Trinajstić information content (AvgIpc) is 2.27. The van der Waals surface area contributed by atoms with Gasteiger partial charge in [-0.25, -0.2) is 0 Å². The zero-order valence-electron chi connectivity index (χ0n) is 6.66. The second-order valence-corrected chi connectivity index (χ2v) is 3.02. The van der Waals surface area contributed by atoms with Gasteiger partial charge in [0.1, 0.15) is 0 Å². The van der Waals surface area contributed by atoms with E-state index in [0.29, 0.717) is 6.10 Å². The minimum Gasteiger partial charge on any atom is -0.376 e. The molecule has 1 saturated heterocycles. The Morgan fingerprint density at radius 1 is 1.82 bits per heavy atom. The monoisotopic (exact) mass is 152 g/mol. The van der Waals surface area contributed by atoms with Crippen molar-refractivity contribution in [2.45, 2.75) is 26.0 Å². The van der Waals surface area contributed by atoms with Crippen molar-refractivity contribution in [1.29, 1.82) is 0 Å². The lowest BCUT2D eigenvalue weighted by Crippen LogP contribution is -2.31. The molecular weight excluding hydrogens is 140 g/mol. The van der Waals surface area contributed by atoms with Crippen LogP contribution in [0.15, 0.2) is 12.4 Å². The molecule has 0 saturated carbocycles. The summed E-state index contributed by atoms with van der Waals surface area (Å²) in [5.74, 6) is 0. The molecule has 11 heavy (non-hydrogen) atoms. The van der Waals surface area contributed by atoms with Gasteiger partial charge in [0.25, 0.3) is 0 Å². The molecule has 0 radical (unpaired) electrons. The third kappa shape index (κ3) is 1.43. The summed E-state index contributed by atoms with van der Waals surface area (Å²) in [5, 5.41) is 4.17. The molecule has 0 bridgehead atoms. The lowest BCUT2D eigenvalue weighted by molar-refractivity contribution is -0.0609. The van der Waals surface area contributed by atoms with E-state index in [2.05, 4.69) is 5.10 Å². The quantitative estimate of drug-likeness (QED) is 0.631. The number of hydrogen-bond donors (Lipinski definition) is 0. The summed E-state index contributed by atoms with van der Waals surface area (Å²) in [6.07, 6.45) is 5.51. The van der Waals surface area contributed by atoms with Gasteiger partial charge in [0.15, 0.2) is 0 Å². The van der Waals surface area contributed by atoms with Crippen LogP contribution >= 0.6 is 0 Å². The molecule has 0 aliphatic carbocycles. The molecule has 2 rings (SSSR count). The van der Waals surface area contributed by atoms with E-state index in [4.69, 9.17) is 4.74 Å². The molecule has 0 aromatic carbocycles. The molecule has 60 valence electrons. The summed E-state index contributed by atoms with van der Waals surface area (Å²) in [4.78, 5) is 0. The van der Waals surface area contributed by atoms with Gasteiger partial charge in [0.05, 0.1) is 18.8 Å². The van der Waals surface area contributed by atoms with E-state index >= 15 is 0 Å². The number of ether oxygens (including phenoxy) is 1. The van der Waals surface area contributed by atoms with Gasteiger partial charge in [-0.05, 0) is 18.9 Å². The molecule has 2 heterocycles. The van der Waals surface area contributed by atoms with Crippen LogP contribution in [0.25, 0.3) is 0 Å². The average molecular weight is 152 g/mol. The van der Waals surface area contributed by atoms with E-state index in [1.807, 2.05) is 24.0 Å². The van der Waals surface area contributed by atoms with Crippen molar-refractivity contribution in [1.82, 2.24) is 9.78 Å². The molecule has 1 aromatic heterocycles. The number of nitrogens with zero attached hydrogens (tertiary/aromatic N) is 2. The van der Waals surface area contributed by atoms with E-state index < -0.39 is 0 Å². The van der Waals surface area contributed by atoms with E-state index in [-0.39, 0.29) is 0 Å². The first kappa shape index (κ1) is 6.85. The van der Waals surface area contributed by atoms with Crippen molar-refractivity contribution in [2.75, 3.05) is 6.61 Å². The predicted molar refractivity (Wildman–Crippen MR) is 41.3 cm³/mol. The van der Waals surface area contributed by atoms with Crippen molar-refractivity contribution >= 4 is 0 Å². The lowest BCUT2D eigenvalue weighted by Gasteiger charge is -2.25. The lowest BCUT2D eigenvalue weighted by atomic mass is 10.2. The van der Waals surface area contributed by atoms with Gasteiger partial charge in [0, 0.05) is 12.8 Å². The van der Waals surface area contributed by atoms with Gasteiger partial charge in [-0.15, -0.1) is 0 Å². The summed E-state index contributed by atoms with van der Waals surface area (Å²) in [6.45, 7) is 3.88. The number of hydrogen-bond acceptors (Lipinski definition) is 2. The maximum Gasteiger partial charge on any atom is 0.0792 e. The largest absolute Gasteiger partial charge is 0.376 e. The van der Waals surface area contributed by atoms with E-state index in [1.165, 1.54) is 12.0 Å². The number of aromatic nitrogens is 2. The van der Waals surface area contributed by atoms with Crippen LogP contribution in [0.5, 0.6) is 0 Å². The minimum absolute atomic E-state index is 0.411. The Labute approximate surface area is 66.0 Å². The molecule has 3 heteroatoms. The van der Waals surface area contributed by atoms with Gasteiger partial charge in [-0.1, -0.05) is 0 Å². The molecule has 0 spiro atoms. The molecule has 1 aromatic rings. The van der Waals surface area contributed by atoms with Gasteiger partial charge in [-0.2, -0.15) is 5.10 Å². The summed E-state index contributed by atoms with van der Waals surface area (Å²) >= 11 is 0. The second-order valence-electron chi connectivity index (χ2n) is 3.02. The number of rotatable bonds is 2. The highest BCUT2D eigenvalue weighted by molar-refractivity contribution is 4.99. The second kappa shape index (κ2) is 2.66. The normalized spacial score (nSPS) is 23.2. The summed E-state index contributed by atoms with van der Waals surface area (Å²) < 4.78 is 7.23. The number of aryl methyl sites for hydroxylation is 1. The Morgan fingerprint density at radius 2 is 2.64 bits per heavy atom. The molecule has 1 unspecified atom stereocenters. The van der Waals surface area contributed by atoms with E-state index in [9.17, 15) is 0 Å². The Kier molecular flexibility index (Phi) is 1.66. The topological polar surface area (TPSA) is 27.1 Å². The summed E-state index contributed by atoms with van der Waals surface area (Å²) in [6, 6.07) is 0. The van der Waals surface area contributed by atoms with Crippen molar-refractivity contribution in [3.8, 4) is 0 Å². The van der Waals surface area contributed by atoms with Gasteiger partial charge < -0.3 is 4.74 Å². The molecule has 1 aliphatic rings. The molecule has 1 aliphatic heterocycles. The van der Waals surface area contributed by atoms with Crippen LogP contribution < -0.4 is 0 Å². The van der Waals surface area contributed by atoms with Crippen LogP contribution in [0.4, 0.5) is 0 Å². The van der Waals surface area contributed by atoms with Crippen LogP contribution in [-0.4, -0.2) is 22.5 Å². The Hall–Kier alpha value is -0.830. The Bertz CT molecular complexity index is 240. The van der Waals surface area contributed by atoms with Crippen molar-refractivity contribution < 1.29 is 4.74 Å². The van der Waals surface area contributed by atoms with Crippen LogP contribution in [0.3, 0.4) is 0 Å². The fourth-order valence-corrected chi connectivity index (χ4v) is 1.20. The zero-order valence-corrected chi connectivity index (χ0v) is 6.66. The molecule has 1 fully saturated rings. The Balaban J connectivity index is 1.95. The molecule has 0 N–H and O–H groups in total. The summed E-state index contributed by atoms with van der Waals surface area (Å²) in [5.41, 5.74) is 1.21. The van der Waals surface area contributed by atoms with Crippen molar-refractivity contribution in [3.05, 3.63) is 18.0 Å². The van der Waals surface area contributed by atoms with E-state index in [0.717, 1.165) is 13.2 Å².